The van der Waals surface area contributed by atoms with Gasteiger partial charge < -0.3 is 20.5 Å². The average Bonchev–Trinajstić information content (AvgIpc) is 3.22. The van der Waals surface area contributed by atoms with Gasteiger partial charge in [0.2, 0.25) is 0 Å². The van der Waals surface area contributed by atoms with Crippen LogP contribution in [0.4, 0.5) is 0 Å². The lowest BCUT2D eigenvalue weighted by atomic mass is 10.1. The number of benzene rings is 2. The Morgan fingerprint density at radius 1 is 1.00 bits per heavy atom. The van der Waals surface area contributed by atoms with Crippen molar-refractivity contribution < 1.29 is 9.47 Å². The molecule has 0 fully saturated rings. The van der Waals surface area contributed by atoms with Crippen LogP contribution in [0.5, 0.6) is 11.5 Å². The van der Waals surface area contributed by atoms with E-state index in [-0.39, 0.29) is 0 Å². The number of nitrogens with zero attached hydrogens (tertiary/aromatic N) is 3. The highest BCUT2D eigenvalue weighted by Crippen LogP contribution is 2.15. The van der Waals surface area contributed by atoms with Crippen molar-refractivity contribution in [3.05, 3.63) is 72.1 Å². The molecule has 3 rings (SSSR count). The summed E-state index contributed by atoms with van der Waals surface area (Å²) in [6.07, 6.45) is 2.76. The number of hydrogen-bond acceptors (Lipinski definition) is 4. The Labute approximate surface area is 164 Å². The molecular weight excluding hydrogens is 354 g/mol. The Morgan fingerprint density at radius 2 is 1.64 bits per heavy atom. The van der Waals surface area contributed by atoms with E-state index < -0.39 is 0 Å². The first-order chi connectivity index (χ1) is 13.7. The lowest BCUT2D eigenvalue weighted by molar-refractivity contribution is 0.414. The molecule has 0 radical (unpaired) electrons. The van der Waals surface area contributed by atoms with Gasteiger partial charge in [-0.2, -0.15) is 5.10 Å². The molecule has 0 spiro atoms. The first kappa shape index (κ1) is 19.3. The van der Waals surface area contributed by atoms with E-state index in [0.717, 1.165) is 29.3 Å². The number of methoxy groups -OCH3 is 2. The minimum Gasteiger partial charge on any atom is -0.497 e. The van der Waals surface area contributed by atoms with Crippen LogP contribution in [0.2, 0.25) is 0 Å². The molecule has 1 heterocycles. The van der Waals surface area contributed by atoms with Crippen LogP contribution in [0.1, 0.15) is 11.3 Å². The molecule has 146 valence electrons. The van der Waals surface area contributed by atoms with Crippen molar-refractivity contribution in [1.29, 1.82) is 0 Å². The zero-order chi connectivity index (χ0) is 19.8. The summed E-state index contributed by atoms with van der Waals surface area (Å²) in [5.41, 5.74) is 8.96. The van der Waals surface area contributed by atoms with Gasteiger partial charge >= 0.3 is 0 Å². The smallest absolute Gasteiger partial charge is 0.188 e. The van der Waals surface area contributed by atoms with E-state index in [2.05, 4.69) is 15.4 Å². The van der Waals surface area contributed by atoms with E-state index in [4.69, 9.17) is 15.2 Å². The maximum Gasteiger partial charge on any atom is 0.188 e. The molecule has 0 amide bonds. The van der Waals surface area contributed by atoms with Gasteiger partial charge in [0.05, 0.1) is 32.1 Å². The summed E-state index contributed by atoms with van der Waals surface area (Å²) in [7, 11) is 3.31. The zero-order valence-corrected chi connectivity index (χ0v) is 16.1. The molecule has 0 bridgehead atoms. The Morgan fingerprint density at radius 3 is 2.29 bits per heavy atom. The highest BCUT2D eigenvalue weighted by atomic mass is 16.5. The Hall–Kier alpha value is -3.48. The number of rotatable bonds is 8. The van der Waals surface area contributed by atoms with Crippen molar-refractivity contribution in [3.8, 4) is 17.2 Å². The fourth-order valence-electron chi connectivity index (χ4n) is 2.67. The molecule has 28 heavy (non-hydrogen) atoms. The van der Waals surface area contributed by atoms with Crippen molar-refractivity contribution in [1.82, 2.24) is 15.1 Å². The van der Waals surface area contributed by atoms with Gasteiger partial charge in [0.25, 0.3) is 0 Å². The minimum absolute atomic E-state index is 0.410. The van der Waals surface area contributed by atoms with Gasteiger partial charge in [-0.25, -0.2) is 9.67 Å². The van der Waals surface area contributed by atoms with Crippen LogP contribution in [0.25, 0.3) is 5.69 Å². The Bertz CT molecular complexity index is 901. The number of ether oxygens (including phenoxy) is 2. The van der Waals surface area contributed by atoms with Crippen LogP contribution in [0.3, 0.4) is 0 Å². The van der Waals surface area contributed by atoms with Crippen LogP contribution in [0, 0.1) is 0 Å². The number of guanidine groups is 1. The van der Waals surface area contributed by atoms with Crippen LogP contribution in [-0.4, -0.2) is 36.5 Å². The Balaban J connectivity index is 1.48. The topological polar surface area (TPSA) is 86.7 Å². The molecule has 0 saturated heterocycles. The van der Waals surface area contributed by atoms with Gasteiger partial charge in [-0.3, -0.25) is 0 Å². The zero-order valence-electron chi connectivity index (χ0n) is 16.1. The molecule has 3 aromatic rings. The molecule has 0 aliphatic heterocycles. The molecule has 7 nitrogen and oxygen atoms in total. The van der Waals surface area contributed by atoms with Gasteiger partial charge in [0.1, 0.15) is 11.5 Å². The number of aromatic nitrogens is 2. The fraction of sp³-hybridized carbons (Fsp3) is 0.238. The third kappa shape index (κ3) is 5.26. The third-order valence-corrected chi connectivity index (χ3v) is 4.27. The van der Waals surface area contributed by atoms with Gasteiger partial charge in [-0.05, 0) is 54.4 Å². The van der Waals surface area contributed by atoms with Crippen LogP contribution >= 0.6 is 0 Å². The second-order valence-electron chi connectivity index (χ2n) is 6.18. The second kappa shape index (κ2) is 9.45. The standard InChI is InChI=1S/C21H25N5O2/c1-27-19-7-3-16(4-8-19)11-13-23-21(22)24-15-17-12-14-26(25-17)18-5-9-20(28-2)10-6-18/h3-10,12,14H,11,13,15H2,1-2H3,(H3,22,23,24). The van der Waals surface area contributed by atoms with Crippen LogP contribution in [0.15, 0.2) is 65.8 Å². The second-order valence-corrected chi connectivity index (χ2v) is 6.18. The molecule has 0 aliphatic rings. The van der Waals surface area contributed by atoms with Crippen molar-refractivity contribution in [2.75, 3.05) is 20.8 Å². The first-order valence-electron chi connectivity index (χ1n) is 9.03. The summed E-state index contributed by atoms with van der Waals surface area (Å²) in [4.78, 5) is 4.35. The molecule has 0 saturated carbocycles. The number of aliphatic imine (C=N–C) groups is 1. The molecule has 2 aromatic carbocycles. The predicted molar refractivity (Wildman–Crippen MR) is 110 cm³/mol. The van der Waals surface area contributed by atoms with Gasteiger partial charge in [0, 0.05) is 12.7 Å². The number of hydrogen-bond donors (Lipinski definition) is 2. The summed E-state index contributed by atoms with van der Waals surface area (Å²) in [6, 6.07) is 17.6. The van der Waals surface area contributed by atoms with Crippen molar-refractivity contribution in [3.63, 3.8) is 0 Å². The summed E-state index contributed by atoms with van der Waals surface area (Å²) in [6.45, 7) is 1.13. The lowest BCUT2D eigenvalue weighted by Gasteiger charge is -2.06. The molecule has 1 aromatic heterocycles. The quantitative estimate of drug-likeness (QED) is 0.464. The molecule has 0 aliphatic carbocycles. The molecule has 7 heteroatoms. The molecular formula is C21H25N5O2. The molecule has 3 N–H and O–H groups in total. The minimum atomic E-state index is 0.410. The monoisotopic (exact) mass is 379 g/mol. The summed E-state index contributed by atoms with van der Waals surface area (Å²) in [5.74, 6) is 2.08. The summed E-state index contributed by atoms with van der Waals surface area (Å²) < 4.78 is 12.1. The SMILES string of the molecule is COc1ccc(CCNC(N)=NCc2ccn(-c3ccc(OC)cc3)n2)cc1. The van der Waals surface area contributed by atoms with Crippen LogP contribution < -0.4 is 20.5 Å². The summed E-state index contributed by atoms with van der Waals surface area (Å²) in [5, 5.41) is 7.65. The van der Waals surface area contributed by atoms with E-state index >= 15 is 0 Å². The normalized spacial score (nSPS) is 11.3. The highest BCUT2D eigenvalue weighted by Gasteiger charge is 2.02. The van der Waals surface area contributed by atoms with E-state index in [0.29, 0.717) is 19.0 Å². The average molecular weight is 379 g/mol. The fourth-order valence-corrected chi connectivity index (χ4v) is 2.67. The maximum atomic E-state index is 5.95. The number of nitrogens with one attached hydrogen (secondary N) is 1. The largest absolute Gasteiger partial charge is 0.497 e. The van der Waals surface area contributed by atoms with E-state index in [1.54, 1.807) is 18.9 Å². The first-order valence-corrected chi connectivity index (χ1v) is 9.03. The van der Waals surface area contributed by atoms with Crippen molar-refractivity contribution in [2.45, 2.75) is 13.0 Å². The van der Waals surface area contributed by atoms with Crippen molar-refractivity contribution >= 4 is 5.96 Å². The van der Waals surface area contributed by atoms with E-state index in [1.165, 1.54) is 5.56 Å². The lowest BCUT2D eigenvalue weighted by Crippen LogP contribution is -2.33. The van der Waals surface area contributed by atoms with Crippen molar-refractivity contribution in [2.24, 2.45) is 10.7 Å². The summed E-state index contributed by atoms with van der Waals surface area (Å²) >= 11 is 0. The third-order valence-electron chi connectivity index (χ3n) is 4.27. The maximum absolute atomic E-state index is 5.95. The van der Waals surface area contributed by atoms with E-state index in [1.807, 2.05) is 60.8 Å². The molecule has 0 unspecified atom stereocenters. The van der Waals surface area contributed by atoms with Crippen LogP contribution in [-0.2, 0) is 13.0 Å². The van der Waals surface area contributed by atoms with Gasteiger partial charge in [-0.15, -0.1) is 0 Å². The van der Waals surface area contributed by atoms with Gasteiger partial charge in [-0.1, -0.05) is 12.1 Å². The number of nitrogens with two attached hydrogens (primary N) is 1. The van der Waals surface area contributed by atoms with E-state index in [9.17, 15) is 0 Å². The molecule has 0 atom stereocenters. The highest BCUT2D eigenvalue weighted by molar-refractivity contribution is 5.77. The Kier molecular flexibility index (Phi) is 6.51. The predicted octanol–water partition coefficient (Wildman–Crippen LogP) is 2.54. The van der Waals surface area contributed by atoms with Gasteiger partial charge in [0.15, 0.2) is 5.96 Å².